The molecule has 2 aromatic rings. The highest BCUT2D eigenvalue weighted by atomic mass is 35.5. The Balaban J connectivity index is 1.41. The molecule has 2 heterocycles. The fraction of sp³-hybridized carbons (Fsp3) is 0.622. The predicted molar refractivity (Wildman–Crippen MR) is 184 cm³/mol. The van der Waals surface area contributed by atoms with E-state index < -0.39 is 0 Å². The molecule has 0 spiro atoms. The summed E-state index contributed by atoms with van der Waals surface area (Å²) in [6.07, 6.45) is 9.30. The van der Waals surface area contributed by atoms with Gasteiger partial charge in [0, 0.05) is 36.5 Å². The van der Waals surface area contributed by atoms with Gasteiger partial charge in [0.1, 0.15) is 6.10 Å². The number of ether oxygens (including phenoxy) is 1. The van der Waals surface area contributed by atoms with Crippen molar-refractivity contribution in [2.45, 2.75) is 83.9 Å². The van der Waals surface area contributed by atoms with Crippen molar-refractivity contribution in [1.29, 1.82) is 0 Å². The van der Waals surface area contributed by atoms with Gasteiger partial charge in [-0.2, -0.15) is 0 Å². The topological polar surface area (TPSA) is 94.1 Å². The van der Waals surface area contributed by atoms with E-state index >= 15 is 0 Å². The molecule has 46 heavy (non-hydrogen) atoms. The Labute approximate surface area is 280 Å². The van der Waals surface area contributed by atoms with Gasteiger partial charge in [0.2, 0.25) is 5.91 Å². The lowest BCUT2D eigenvalue weighted by molar-refractivity contribution is -0.123. The van der Waals surface area contributed by atoms with E-state index in [4.69, 9.17) is 16.3 Å². The molecule has 1 saturated carbocycles. The van der Waals surface area contributed by atoms with Crippen molar-refractivity contribution >= 4 is 29.1 Å². The number of rotatable bonds is 9. The number of nitrogens with one attached hydrogen (secondary N) is 2. The number of hydrogen-bond donors (Lipinski definition) is 3. The van der Waals surface area contributed by atoms with Crippen molar-refractivity contribution in [3.05, 3.63) is 58.6 Å². The van der Waals surface area contributed by atoms with Crippen LogP contribution in [-0.2, 0) is 11.3 Å². The quantitative estimate of drug-likeness (QED) is 0.298. The molecule has 0 bridgehead atoms. The second kappa shape index (κ2) is 16.4. The van der Waals surface area contributed by atoms with Crippen molar-refractivity contribution in [1.82, 2.24) is 15.1 Å². The van der Waals surface area contributed by atoms with Gasteiger partial charge in [0.15, 0.2) is 5.75 Å². The smallest absolute Gasteiger partial charge is 0.258 e. The largest absolute Gasteiger partial charge is 0.486 e. The minimum Gasteiger partial charge on any atom is -0.486 e. The average Bonchev–Trinajstić information content (AvgIpc) is 3.03. The maximum atomic E-state index is 14.1. The summed E-state index contributed by atoms with van der Waals surface area (Å²) >= 11 is 6.11. The van der Waals surface area contributed by atoms with Crippen LogP contribution in [0.3, 0.4) is 0 Å². The minimum atomic E-state index is -0.356. The van der Waals surface area contributed by atoms with E-state index in [9.17, 15) is 14.7 Å². The second-order valence-corrected chi connectivity index (χ2v) is 14.4. The molecule has 5 rings (SSSR count). The van der Waals surface area contributed by atoms with Crippen LogP contribution in [0.1, 0.15) is 81.1 Å². The Bertz CT molecular complexity index is 1300. The molecule has 2 amide bonds. The van der Waals surface area contributed by atoms with Crippen LogP contribution in [0.5, 0.6) is 5.75 Å². The van der Waals surface area contributed by atoms with Crippen LogP contribution in [0, 0.1) is 23.7 Å². The number of piperidine rings is 1. The molecule has 0 aromatic heterocycles. The summed E-state index contributed by atoms with van der Waals surface area (Å²) in [5, 5.41) is 17.6. The van der Waals surface area contributed by atoms with Crippen LogP contribution < -0.4 is 15.4 Å². The number of carbonyl (C=O) groups excluding carboxylic acids is 2. The van der Waals surface area contributed by atoms with Gasteiger partial charge in [0.05, 0.1) is 23.9 Å². The van der Waals surface area contributed by atoms with Crippen LogP contribution in [-0.4, -0.2) is 78.7 Å². The zero-order valence-corrected chi connectivity index (χ0v) is 28.6. The summed E-state index contributed by atoms with van der Waals surface area (Å²) in [4.78, 5) is 32.1. The van der Waals surface area contributed by atoms with E-state index in [0.717, 1.165) is 25.1 Å². The standard InChI is InChI=1S/C37H53ClN4O4/c1-25-21-42(26(2)24-43)37(45)31-12-9-13-33(35(31)46-34(25)23-41(3)22-27-14-16-29(38)17-15-27)40-36(44)30-18-19-39-20-32(30)28-10-7-5-4-6-8-11-28/h9,12-17,25-26,28,30,32,34,39,43H,4-8,10-11,18-24H2,1-3H3,(H,40,44). The molecule has 5 unspecified atom stereocenters. The molecule has 3 N–H and O–H groups in total. The number of carbonyl (C=O) groups is 2. The van der Waals surface area contributed by atoms with Gasteiger partial charge in [-0.3, -0.25) is 14.5 Å². The average molecular weight is 653 g/mol. The number of hydrogen-bond acceptors (Lipinski definition) is 6. The number of amides is 2. The Morgan fingerprint density at radius 2 is 1.83 bits per heavy atom. The molecule has 5 atom stereocenters. The number of fused-ring (bicyclic) bond motifs is 1. The van der Waals surface area contributed by atoms with E-state index in [1.807, 2.05) is 43.3 Å². The minimum absolute atomic E-state index is 0.0186. The number of benzene rings is 2. The first-order valence-electron chi connectivity index (χ1n) is 17.4. The first kappa shape index (κ1) is 34.7. The van der Waals surface area contributed by atoms with Crippen molar-refractivity contribution < 1.29 is 19.4 Å². The molecule has 8 nitrogen and oxygen atoms in total. The lowest BCUT2D eigenvalue weighted by Crippen LogP contribution is -2.50. The Hall–Kier alpha value is -2.65. The summed E-state index contributed by atoms with van der Waals surface area (Å²) in [6, 6.07) is 12.9. The first-order valence-corrected chi connectivity index (χ1v) is 17.8. The third-order valence-corrected chi connectivity index (χ3v) is 10.7. The van der Waals surface area contributed by atoms with Crippen molar-refractivity contribution in [3.8, 4) is 5.75 Å². The second-order valence-electron chi connectivity index (χ2n) is 14.0. The SMILES string of the molecule is CC1CN(C(C)CO)C(=O)c2cccc(NC(=O)C3CCNCC3C3CCCCCCC3)c2OC1CN(C)Cc1ccc(Cl)cc1. The third-order valence-electron chi connectivity index (χ3n) is 10.4. The van der Waals surface area contributed by atoms with Gasteiger partial charge < -0.3 is 25.4 Å². The number of nitrogens with zero attached hydrogens (tertiary/aromatic N) is 2. The molecule has 2 aromatic carbocycles. The van der Waals surface area contributed by atoms with Crippen LogP contribution in [0.25, 0.3) is 0 Å². The van der Waals surface area contributed by atoms with E-state index in [0.29, 0.717) is 53.5 Å². The molecule has 2 aliphatic heterocycles. The van der Waals surface area contributed by atoms with Crippen LogP contribution in [0.4, 0.5) is 5.69 Å². The van der Waals surface area contributed by atoms with Crippen molar-refractivity contribution in [2.24, 2.45) is 23.7 Å². The van der Waals surface area contributed by atoms with E-state index in [1.165, 1.54) is 44.9 Å². The number of aliphatic hydroxyl groups is 1. The Morgan fingerprint density at radius 1 is 1.11 bits per heavy atom. The van der Waals surface area contributed by atoms with Gasteiger partial charge in [-0.15, -0.1) is 0 Å². The van der Waals surface area contributed by atoms with Gasteiger partial charge >= 0.3 is 0 Å². The molecule has 3 aliphatic rings. The number of halogens is 1. The summed E-state index contributed by atoms with van der Waals surface area (Å²) in [7, 11) is 2.06. The highest BCUT2D eigenvalue weighted by molar-refractivity contribution is 6.30. The van der Waals surface area contributed by atoms with Crippen molar-refractivity contribution in [2.75, 3.05) is 45.2 Å². The maximum absolute atomic E-state index is 14.1. The molecule has 9 heteroatoms. The fourth-order valence-corrected chi connectivity index (χ4v) is 7.80. The lowest BCUT2D eigenvalue weighted by atomic mass is 9.72. The number of anilines is 1. The molecule has 0 radical (unpaired) electrons. The summed E-state index contributed by atoms with van der Waals surface area (Å²) in [6.45, 7) is 7.30. The zero-order chi connectivity index (χ0) is 32.6. The fourth-order valence-electron chi connectivity index (χ4n) is 7.68. The molecule has 2 fully saturated rings. The monoisotopic (exact) mass is 652 g/mol. The van der Waals surface area contributed by atoms with E-state index in [1.54, 1.807) is 11.0 Å². The third kappa shape index (κ3) is 8.62. The van der Waals surface area contributed by atoms with Crippen LogP contribution in [0.2, 0.25) is 5.02 Å². The summed E-state index contributed by atoms with van der Waals surface area (Å²) in [5.74, 6) is 0.978. The lowest BCUT2D eigenvalue weighted by Gasteiger charge is -2.39. The summed E-state index contributed by atoms with van der Waals surface area (Å²) in [5.41, 5.74) is 2.10. The molecular formula is C37H53ClN4O4. The number of para-hydroxylation sites is 1. The maximum Gasteiger partial charge on any atom is 0.258 e. The van der Waals surface area contributed by atoms with Gasteiger partial charge in [-0.1, -0.05) is 81.7 Å². The van der Waals surface area contributed by atoms with Gasteiger partial charge in [-0.25, -0.2) is 0 Å². The van der Waals surface area contributed by atoms with Gasteiger partial charge in [-0.05, 0) is 75.1 Å². The Morgan fingerprint density at radius 3 is 2.54 bits per heavy atom. The predicted octanol–water partition coefficient (Wildman–Crippen LogP) is 6.22. The molecular weight excluding hydrogens is 600 g/mol. The van der Waals surface area contributed by atoms with Crippen LogP contribution >= 0.6 is 11.6 Å². The molecule has 1 saturated heterocycles. The highest BCUT2D eigenvalue weighted by Gasteiger charge is 2.38. The molecule has 1 aliphatic carbocycles. The van der Waals surface area contributed by atoms with E-state index in [-0.39, 0.29) is 42.4 Å². The summed E-state index contributed by atoms with van der Waals surface area (Å²) < 4.78 is 6.80. The van der Waals surface area contributed by atoms with E-state index in [2.05, 4.69) is 29.5 Å². The number of aliphatic hydroxyl groups excluding tert-OH is 1. The zero-order valence-electron chi connectivity index (χ0n) is 27.8. The Kier molecular flexibility index (Phi) is 12.4. The first-order chi connectivity index (χ1) is 22.2. The van der Waals surface area contributed by atoms with Crippen molar-refractivity contribution in [3.63, 3.8) is 0 Å². The number of likely N-dealkylation sites (N-methyl/N-ethyl adjacent to an activating group) is 1. The molecule has 252 valence electrons. The normalized spacial score (nSPS) is 25.4. The highest BCUT2D eigenvalue weighted by Crippen LogP contribution is 2.38. The van der Waals surface area contributed by atoms with Crippen LogP contribution in [0.15, 0.2) is 42.5 Å². The van der Waals surface area contributed by atoms with Gasteiger partial charge in [0.25, 0.3) is 5.91 Å².